The van der Waals surface area contributed by atoms with E-state index >= 15 is 0 Å². The van der Waals surface area contributed by atoms with Gasteiger partial charge in [0.15, 0.2) is 0 Å². The minimum absolute atomic E-state index is 0.176. The molecule has 0 saturated heterocycles. The normalized spacial score (nSPS) is 11.2. The molecule has 0 spiro atoms. The summed E-state index contributed by atoms with van der Waals surface area (Å²) in [4.78, 5) is 42.6. The Morgan fingerprint density at radius 3 is 2.36 bits per heavy atom. The highest BCUT2D eigenvalue weighted by Gasteiger charge is 2.25. The van der Waals surface area contributed by atoms with Crippen molar-refractivity contribution in [3.8, 4) is 5.69 Å². The molecule has 0 aliphatic rings. The zero-order valence-electron chi connectivity index (χ0n) is 19.1. The topological polar surface area (TPSA) is 64.3 Å². The van der Waals surface area contributed by atoms with E-state index in [1.165, 1.54) is 25.4 Å². The van der Waals surface area contributed by atoms with Crippen LogP contribution in [0.15, 0.2) is 52.1 Å². The maximum Gasteiger partial charge on any atom is 0.337 e. The van der Waals surface area contributed by atoms with Gasteiger partial charge in [-0.1, -0.05) is 35.9 Å². The monoisotopic (exact) mass is 481 g/mol. The molecule has 0 aliphatic carbocycles. The zero-order valence-corrected chi connectivity index (χ0v) is 20.7. The van der Waals surface area contributed by atoms with Crippen LogP contribution < -0.4 is 11.2 Å². The van der Waals surface area contributed by atoms with E-state index in [1.54, 1.807) is 33.2 Å². The fourth-order valence-corrected chi connectivity index (χ4v) is 5.29. The van der Waals surface area contributed by atoms with Crippen molar-refractivity contribution in [2.24, 2.45) is 0 Å². The molecular formula is C25H24ClN3O3S. The fraction of sp³-hybridized carbons (Fsp3) is 0.240. The van der Waals surface area contributed by atoms with Crippen LogP contribution in [-0.4, -0.2) is 34.0 Å². The Hall–Kier alpha value is -3.16. The first-order chi connectivity index (χ1) is 15.6. The van der Waals surface area contributed by atoms with Crippen molar-refractivity contribution in [2.75, 3.05) is 14.1 Å². The summed E-state index contributed by atoms with van der Waals surface area (Å²) in [6.07, 6.45) is 0. The van der Waals surface area contributed by atoms with Gasteiger partial charge in [-0.05, 0) is 61.2 Å². The number of carbonyl (C=O) groups excluding carboxylic acids is 1. The van der Waals surface area contributed by atoms with Crippen molar-refractivity contribution in [2.45, 2.75) is 27.3 Å². The molecule has 2 aromatic heterocycles. The van der Waals surface area contributed by atoms with Crippen molar-refractivity contribution in [1.82, 2.24) is 14.0 Å². The number of hydrogen-bond acceptors (Lipinski definition) is 4. The number of aromatic nitrogens is 2. The van der Waals surface area contributed by atoms with Gasteiger partial charge in [-0.3, -0.25) is 14.2 Å². The highest BCUT2D eigenvalue weighted by molar-refractivity contribution is 7.20. The molecule has 0 radical (unpaired) electrons. The highest BCUT2D eigenvalue weighted by Crippen LogP contribution is 2.30. The van der Waals surface area contributed by atoms with Crippen LogP contribution in [0.25, 0.3) is 15.9 Å². The highest BCUT2D eigenvalue weighted by atomic mass is 35.5. The number of carbonyl (C=O) groups is 1. The number of fused-ring (bicyclic) bond motifs is 1. The number of rotatable bonds is 4. The number of thiophene rings is 1. The average molecular weight is 482 g/mol. The zero-order chi connectivity index (χ0) is 24.0. The Kier molecular flexibility index (Phi) is 6.03. The maximum atomic E-state index is 13.7. The Balaban J connectivity index is 2.11. The number of nitrogens with zero attached hydrogens (tertiary/aromatic N) is 3. The van der Waals surface area contributed by atoms with Crippen LogP contribution in [-0.2, 0) is 6.54 Å². The van der Waals surface area contributed by atoms with Crippen LogP contribution >= 0.6 is 22.9 Å². The average Bonchev–Trinajstić information content (AvgIpc) is 3.11. The van der Waals surface area contributed by atoms with Gasteiger partial charge in [0.1, 0.15) is 4.83 Å². The molecule has 8 heteroatoms. The first kappa shape index (κ1) is 23.0. The van der Waals surface area contributed by atoms with Crippen LogP contribution in [0.2, 0.25) is 5.02 Å². The van der Waals surface area contributed by atoms with E-state index in [2.05, 4.69) is 0 Å². The number of halogens is 1. The Morgan fingerprint density at radius 2 is 1.73 bits per heavy atom. The molecule has 4 aromatic rings. The first-order valence-corrected chi connectivity index (χ1v) is 11.6. The lowest BCUT2D eigenvalue weighted by molar-refractivity contribution is 0.0831. The molecule has 0 saturated carbocycles. The predicted octanol–water partition coefficient (Wildman–Crippen LogP) is 4.54. The van der Waals surface area contributed by atoms with E-state index in [4.69, 9.17) is 11.6 Å². The Morgan fingerprint density at radius 1 is 1.03 bits per heavy atom. The summed E-state index contributed by atoms with van der Waals surface area (Å²) < 4.78 is 2.73. The van der Waals surface area contributed by atoms with Crippen molar-refractivity contribution >= 4 is 39.1 Å². The summed E-state index contributed by atoms with van der Waals surface area (Å²) in [5, 5.41) is 0.898. The number of benzene rings is 2. The van der Waals surface area contributed by atoms with Gasteiger partial charge in [-0.15, -0.1) is 11.3 Å². The largest absolute Gasteiger partial charge is 0.344 e. The van der Waals surface area contributed by atoms with Crippen LogP contribution in [0.4, 0.5) is 0 Å². The SMILES string of the molecule is Cc1ccc(-n2c(=O)c3c(C)c(C(=O)N(C)C)sc3n(Cc3ccccc3Cl)c2=O)cc1C. The van der Waals surface area contributed by atoms with Gasteiger partial charge in [-0.25, -0.2) is 9.36 Å². The molecule has 1 amide bonds. The second kappa shape index (κ2) is 8.65. The van der Waals surface area contributed by atoms with Crippen molar-refractivity contribution in [3.05, 3.63) is 95.5 Å². The first-order valence-electron chi connectivity index (χ1n) is 10.4. The molecule has 0 bridgehead atoms. The summed E-state index contributed by atoms with van der Waals surface area (Å²) >= 11 is 7.56. The number of hydrogen-bond donors (Lipinski definition) is 0. The van der Waals surface area contributed by atoms with Gasteiger partial charge in [0.05, 0.1) is 22.5 Å². The minimum atomic E-state index is -0.472. The summed E-state index contributed by atoms with van der Waals surface area (Å²) in [5.41, 5.74) is 2.95. The standard InChI is InChI=1S/C25H24ClN3O3S/c1-14-10-11-18(12-15(14)2)29-22(30)20-16(3)21(23(31)27(4)5)33-24(20)28(25(29)32)13-17-8-6-7-9-19(17)26/h6-12H,13H2,1-5H3. The molecule has 0 unspecified atom stereocenters. The number of aryl methyl sites for hydroxylation is 3. The van der Waals surface area contributed by atoms with Crippen LogP contribution in [0.3, 0.4) is 0 Å². The van der Waals surface area contributed by atoms with E-state index in [0.29, 0.717) is 31.4 Å². The van der Waals surface area contributed by atoms with Crippen LogP contribution in [0.5, 0.6) is 0 Å². The van der Waals surface area contributed by atoms with E-state index in [1.807, 2.05) is 44.2 Å². The van der Waals surface area contributed by atoms with Crippen LogP contribution in [0, 0.1) is 20.8 Å². The van der Waals surface area contributed by atoms with Gasteiger partial charge in [0, 0.05) is 19.1 Å². The van der Waals surface area contributed by atoms with E-state index in [-0.39, 0.29) is 12.5 Å². The quantitative estimate of drug-likeness (QED) is 0.429. The van der Waals surface area contributed by atoms with E-state index < -0.39 is 11.2 Å². The molecule has 0 fully saturated rings. The van der Waals surface area contributed by atoms with Gasteiger partial charge in [-0.2, -0.15) is 0 Å². The van der Waals surface area contributed by atoms with Crippen molar-refractivity contribution in [3.63, 3.8) is 0 Å². The molecule has 0 N–H and O–H groups in total. The van der Waals surface area contributed by atoms with Crippen molar-refractivity contribution < 1.29 is 4.79 Å². The molecule has 170 valence electrons. The molecule has 2 heterocycles. The third-order valence-corrected chi connectivity index (χ3v) is 7.52. The number of amides is 1. The summed E-state index contributed by atoms with van der Waals surface area (Å²) in [7, 11) is 3.33. The molecule has 2 aromatic carbocycles. The van der Waals surface area contributed by atoms with Gasteiger partial charge < -0.3 is 4.90 Å². The smallest absolute Gasteiger partial charge is 0.337 e. The maximum absolute atomic E-state index is 13.7. The second-order valence-corrected chi connectivity index (χ2v) is 9.71. The van der Waals surface area contributed by atoms with Gasteiger partial charge in [0.2, 0.25) is 0 Å². The molecule has 0 aliphatic heterocycles. The van der Waals surface area contributed by atoms with Crippen molar-refractivity contribution in [1.29, 1.82) is 0 Å². The third-order valence-electron chi connectivity index (χ3n) is 5.85. The summed E-state index contributed by atoms with van der Waals surface area (Å²) in [6, 6.07) is 12.8. The third kappa shape index (κ3) is 3.92. The Labute approximate surface area is 200 Å². The van der Waals surface area contributed by atoms with Gasteiger partial charge in [0.25, 0.3) is 11.5 Å². The molecule has 33 heavy (non-hydrogen) atoms. The summed E-state index contributed by atoms with van der Waals surface area (Å²) in [6.45, 7) is 5.85. The lowest BCUT2D eigenvalue weighted by atomic mass is 10.1. The predicted molar refractivity (Wildman–Crippen MR) is 134 cm³/mol. The molecule has 0 atom stereocenters. The Bertz CT molecular complexity index is 1530. The fourth-order valence-electron chi connectivity index (χ4n) is 3.78. The lowest BCUT2D eigenvalue weighted by Gasteiger charge is -2.14. The lowest BCUT2D eigenvalue weighted by Crippen LogP contribution is -2.39. The molecule has 6 nitrogen and oxygen atoms in total. The summed E-state index contributed by atoms with van der Waals surface area (Å²) in [5.74, 6) is -0.206. The second-order valence-electron chi connectivity index (χ2n) is 8.31. The van der Waals surface area contributed by atoms with Gasteiger partial charge >= 0.3 is 5.69 Å². The minimum Gasteiger partial charge on any atom is -0.344 e. The van der Waals surface area contributed by atoms with E-state index in [9.17, 15) is 14.4 Å². The van der Waals surface area contributed by atoms with E-state index in [0.717, 1.165) is 16.7 Å². The van der Waals surface area contributed by atoms with Crippen LogP contribution in [0.1, 0.15) is 31.9 Å². The molecule has 4 rings (SSSR count). The molecular weight excluding hydrogens is 458 g/mol.